The average Bonchev–Trinajstić information content (AvgIpc) is 3.28. The second-order valence-electron chi connectivity index (χ2n) is 13.5. The summed E-state index contributed by atoms with van der Waals surface area (Å²) in [4.78, 5) is 48.4. The van der Waals surface area contributed by atoms with Gasteiger partial charge in [0.15, 0.2) is 0 Å². The van der Waals surface area contributed by atoms with Crippen molar-refractivity contribution in [1.82, 2.24) is 0 Å². The number of carbonyl (C=O) groups is 4. The number of esters is 4. The Kier molecular flexibility index (Phi) is 20.0. The second-order valence-corrected chi connectivity index (χ2v) is 13.5. The van der Waals surface area contributed by atoms with E-state index in [0.29, 0.717) is 71.7 Å². The SMILES string of the molecule is C=CC(=O)OCCCCCCOc1ccc(C(=O)Oc2ccc(C)cc2/C=N/N=C/c2cc(OC)ccc2OC(=O)c2ccc(OCCCCCCOC(=O)C=C)cc2)cc1. The number of hydrogen-bond donors (Lipinski definition) is 0. The van der Waals surface area contributed by atoms with E-state index >= 15 is 0 Å². The van der Waals surface area contributed by atoms with Gasteiger partial charge in [-0.3, -0.25) is 0 Å². The Balaban J connectivity index is 1.28. The summed E-state index contributed by atoms with van der Waals surface area (Å²) in [6.45, 7) is 10.4. The fraction of sp³-hybridized carbons (Fsp3) is 0.292. The molecular formula is C48H52N2O11. The number of benzene rings is 4. The summed E-state index contributed by atoms with van der Waals surface area (Å²) >= 11 is 0. The van der Waals surface area contributed by atoms with E-state index in [4.69, 9.17) is 33.2 Å². The third-order valence-electron chi connectivity index (χ3n) is 8.86. The van der Waals surface area contributed by atoms with Gasteiger partial charge in [-0.25, -0.2) is 19.2 Å². The standard InChI is InChI=1S/C48H52N2O11/c1-5-45(51)58-29-13-9-7-11-27-56-40-20-16-36(17-21-40)47(53)60-43-25-15-35(3)31-38(43)33-49-50-34-39-32-42(55-4)24-26-44(39)61-48(54)37-18-22-41(23-19-37)57-28-12-8-10-14-30-59-46(52)6-2/h5-6,15-26,31-34H,1-2,7-14,27-30H2,3-4H3/b49-33+,50-34+. The average molecular weight is 833 g/mol. The minimum Gasteiger partial charge on any atom is -0.497 e. The zero-order valence-corrected chi connectivity index (χ0v) is 34.7. The molecule has 4 aromatic carbocycles. The molecule has 0 unspecified atom stereocenters. The molecule has 0 atom stereocenters. The Hall–Kier alpha value is -7.02. The molecule has 0 amide bonds. The van der Waals surface area contributed by atoms with Gasteiger partial charge in [0.25, 0.3) is 0 Å². The van der Waals surface area contributed by atoms with Crippen molar-refractivity contribution < 1.29 is 52.3 Å². The molecule has 0 fully saturated rings. The van der Waals surface area contributed by atoms with Crippen LogP contribution in [0.2, 0.25) is 0 Å². The van der Waals surface area contributed by atoms with Gasteiger partial charge in [-0.1, -0.05) is 24.8 Å². The van der Waals surface area contributed by atoms with Gasteiger partial charge in [0.1, 0.15) is 28.7 Å². The first-order valence-corrected chi connectivity index (χ1v) is 20.0. The van der Waals surface area contributed by atoms with Crippen molar-refractivity contribution in [2.45, 2.75) is 58.3 Å². The number of carbonyl (C=O) groups excluding carboxylic acids is 4. The van der Waals surface area contributed by atoms with Gasteiger partial charge in [0.2, 0.25) is 0 Å². The minimum absolute atomic E-state index is 0.242. The molecule has 0 saturated carbocycles. The highest BCUT2D eigenvalue weighted by Gasteiger charge is 2.14. The van der Waals surface area contributed by atoms with E-state index in [1.165, 1.54) is 19.5 Å². The van der Waals surface area contributed by atoms with Crippen molar-refractivity contribution in [2.75, 3.05) is 33.5 Å². The van der Waals surface area contributed by atoms with Crippen LogP contribution >= 0.6 is 0 Å². The van der Waals surface area contributed by atoms with Crippen molar-refractivity contribution in [3.8, 4) is 28.7 Å². The molecule has 0 aliphatic heterocycles. The summed E-state index contributed by atoms with van der Waals surface area (Å²) in [6, 6.07) is 23.7. The lowest BCUT2D eigenvalue weighted by Crippen LogP contribution is -2.10. The molecule has 0 aromatic heterocycles. The fourth-order valence-electron chi connectivity index (χ4n) is 5.55. The third kappa shape index (κ3) is 17.0. The van der Waals surface area contributed by atoms with Crippen molar-refractivity contribution in [3.05, 3.63) is 138 Å². The van der Waals surface area contributed by atoms with Crippen molar-refractivity contribution >= 4 is 36.3 Å². The van der Waals surface area contributed by atoms with Gasteiger partial charge in [-0.05, 0) is 137 Å². The van der Waals surface area contributed by atoms with Gasteiger partial charge in [0.05, 0.1) is 57.1 Å². The molecular weight excluding hydrogens is 781 g/mol. The molecule has 4 rings (SSSR count). The molecule has 4 aromatic rings. The van der Waals surface area contributed by atoms with Crippen LogP contribution in [0.5, 0.6) is 28.7 Å². The zero-order valence-electron chi connectivity index (χ0n) is 34.7. The van der Waals surface area contributed by atoms with Crippen LogP contribution in [-0.2, 0) is 19.1 Å². The molecule has 13 nitrogen and oxygen atoms in total. The summed E-state index contributed by atoms with van der Waals surface area (Å²) in [5.41, 5.74) is 2.56. The highest BCUT2D eigenvalue weighted by atomic mass is 16.5. The summed E-state index contributed by atoms with van der Waals surface area (Å²) in [6.07, 6.45) is 12.1. The van der Waals surface area contributed by atoms with E-state index < -0.39 is 23.9 Å². The Morgan fingerprint density at radius 2 is 0.934 bits per heavy atom. The summed E-state index contributed by atoms with van der Waals surface area (Å²) in [7, 11) is 1.52. The highest BCUT2D eigenvalue weighted by molar-refractivity contribution is 5.95. The maximum Gasteiger partial charge on any atom is 0.343 e. The van der Waals surface area contributed by atoms with Crippen LogP contribution in [0.4, 0.5) is 0 Å². The zero-order chi connectivity index (χ0) is 43.7. The monoisotopic (exact) mass is 832 g/mol. The van der Waals surface area contributed by atoms with E-state index in [1.54, 1.807) is 72.8 Å². The Labute approximate surface area is 356 Å². The third-order valence-corrected chi connectivity index (χ3v) is 8.86. The Morgan fingerprint density at radius 3 is 1.38 bits per heavy atom. The molecule has 0 aliphatic rings. The Bertz CT molecular complexity index is 2130. The molecule has 0 heterocycles. The lowest BCUT2D eigenvalue weighted by Gasteiger charge is -2.10. The van der Waals surface area contributed by atoms with Gasteiger partial charge in [-0.2, -0.15) is 10.2 Å². The van der Waals surface area contributed by atoms with Crippen LogP contribution in [0.1, 0.15) is 88.8 Å². The molecule has 0 radical (unpaired) electrons. The van der Waals surface area contributed by atoms with Crippen molar-refractivity contribution in [1.29, 1.82) is 0 Å². The van der Waals surface area contributed by atoms with E-state index in [9.17, 15) is 19.2 Å². The summed E-state index contributed by atoms with van der Waals surface area (Å²) < 4.78 is 38.4. The van der Waals surface area contributed by atoms with Crippen LogP contribution in [0.25, 0.3) is 0 Å². The van der Waals surface area contributed by atoms with Crippen LogP contribution in [0, 0.1) is 6.92 Å². The number of nitrogens with zero attached hydrogens (tertiary/aromatic N) is 2. The molecule has 0 bridgehead atoms. The number of methoxy groups -OCH3 is 1. The van der Waals surface area contributed by atoms with E-state index in [1.807, 2.05) is 19.1 Å². The number of rotatable bonds is 26. The first-order valence-electron chi connectivity index (χ1n) is 20.0. The second kappa shape index (κ2) is 26.2. The number of unbranched alkanes of at least 4 members (excludes halogenated alkanes) is 6. The Morgan fingerprint density at radius 1 is 0.525 bits per heavy atom. The van der Waals surface area contributed by atoms with Gasteiger partial charge in [0, 0.05) is 23.3 Å². The molecule has 0 aliphatic carbocycles. The predicted molar refractivity (Wildman–Crippen MR) is 232 cm³/mol. The minimum atomic E-state index is -0.575. The van der Waals surface area contributed by atoms with Crippen LogP contribution in [-0.4, -0.2) is 69.8 Å². The van der Waals surface area contributed by atoms with E-state index in [0.717, 1.165) is 69.1 Å². The quantitative estimate of drug-likeness (QED) is 0.0148. The molecule has 0 spiro atoms. The number of aryl methyl sites for hydroxylation is 1. The van der Waals surface area contributed by atoms with Gasteiger partial charge >= 0.3 is 23.9 Å². The first-order chi connectivity index (χ1) is 29.7. The lowest BCUT2D eigenvalue weighted by atomic mass is 10.1. The fourth-order valence-corrected chi connectivity index (χ4v) is 5.55. The summed E-state index contributed by atoms with van der Waals surface area (Å²) in [5, 5.41) is 8.39. The van der Waals surface area contributed by atoms with Crippen molar-refractivity contribution in [2.24, 2.45) is 10.2 Å². The topological polar surface area (TPSA) is 158 Å². The molecule has 0 N–H and O–H groups in total. The van der Waals surface area contributed by atoms with E-state index in [-0.39, 0.29) is 5.75 Å². The van der Waals surface area contributed by atoms with E-state index in [2.05, 4.69) is 23.4 Å². The maximum absolute atomic E-state index is 13.1. The molecule has 61 heavy (non-hydrogen) atoms. The van der Waals surface area contributed by atoms with Gasteiger partial charge < -0.3 is 33.2 Å². The van der Waals surface area contributed by atoms with Gasteiger partial charge in [-0.15, -0.1) is 0 Å². The van der Waals surface area contributed by atoms with Crippen LogP contribution in [0.3, 0.4) is 0 Å². The normalized spacial score (nSPS) is 10.9. The predicted octanol–water partition coefficient (Wildman–Crippen LogP) is 9.23. The van der Waals surface area contributed by atoms with Crippen molar-refractivity contribution in [3.63, 3.8) is 0 Å². The lowest BCUT2D eigenvalue weighted by molar-refractivity contribution is -0.138. The first kappa shape index (κ1) is 46.7. The summed E-state index contributed by atoms with van der Waals surface area (Å²) in [5.74, 6) is 0.363. The van der Waals surface area contributed by atoms with Crippen LogP contribution in [0.15, 0.2) is 120 Å². The molecule has 13 heteroatoms. The van der Waals surface area contributed by atoms with Crippen LogP contribution < -0.4 is 23.7 Å². The highest BCUT2D eigenvalue weighted by Crippen LogP contribution is 2.25. The smallest absolute Gasteiger partial charge is 0.343 e. The number of hydrogen-bond acceptors (Lipinski definition) is 13. The molecule has 0 saturated heterocycles. The molecule has 320 valence electrons. The number of ether oxygens (including phenoxy) is 7. The largest absolute Gasteiger partial charge is 0.497 e. The maximum atomic E-state index is 13.1.